The summed E-state index contributed by atoms with van der Waals surface area (Å²) in [5.41, 5.74) is 22.0. The number of carbonyl (C=O) groups excluding carboxylic acids is 11. The van der Waals surface area contributed by atoms with E-state index in [9.17, 15) is 62.6 Å². The Kier molecular flexibility index (Phi) is 36.4. The Bertz CT molecular complexity index is 2330. The molecule has 1 aromatic rings. The maximum Gasteiger partial charge on any atom is 0.305 e. The molecule has 1 aliphatic heterocycles. The van der Waals surface area contributed by atoms with Gasteiger partial charge in [-0.1, -0.05) is 30.3 Å². The van der Waals surface area contributed by atoms with Gasteiger partial charge < -0.3 is 100 Å². The van der Waals surface area contributed by atoms with Crippen LogP contribution in [0.5, 0.6) is 0 Å². The molecule has 1 aliphatic rings. The number of thioether (sulfide) groups is 1. The van der Waals surface area contributed by atoms with Gasteiger partial charge in [0, 0.05) is 31.8 Å². The van der Waals surface area contributed by atoms with E-state index in [1.807, 2.05) is 0 Å². The highest BCUT2D eigenvalue weighted by molar-refractivity contribution is 8.00. The molecule has 19 N–H and O–H groups in total. The normalized spacial score (nSPS) is 21.2. The number of carboxylic acid groups (broad SMARTS) is 1. The van der Waals surface area contributed by atoms with Gasteiger partial charge in [0.1, 0.15) is 43.4 Å². The number of primary amides is 1. The first kappa shape index (κ1) is 72.1. The van der Waals surface area contributed by atoms with Crippen LogP contribution >= 0.6 is 37.0 Å². The summed E-state index contributed by atoms with van der Waals surface area (Å²) in [6.45, 7) is -0.357. The lowest BCUT2D eigenvalue weighted by Gasteiger charge is -2.25. The number of benzene rings is 1. The summed E-state index contributed by atoms with van der Waals surface area (Å²) in [4.78, 5) is 160. The van der Waals surface area contributed by atoms with Crippen molar-refractivity contribution in [3.63, 3.8) is 0 Å². The Balaban J connectivity index is 2.35. The zero-order valence-electron chi connectivity index (χ0n) is 45.5. The van der Waals surface area contributed by atoms with E-state index in [4.69, 9.17) is 41.9 Å². The molecule has 464 valence electrons. The molecule has 1 fully saturated rings. The Morgan fingerprint density at radius 2 is 1.18 bits per heavy atom. The third-order valence-electron chi connectivity index (χ3n) is 11.1. The Labute approximate surface area is 493 Å². The lowest BCUT2D eigenvalue weighted by Crippen LogP contribution is -2.58. The number of aliphatic carboxylic acids is 1. The van der Waals surface area contributed by atoms with E-state index in [1.165, 1.54) is 0 Å². The van der Waals surface area contributed by atoms with Crippen LogP contribution in [0.25, 0.3) is 0 Å². The topological polar surface area (TPSA) is 499 Å². The average Bonchev–Trinajstić information content (AvgIpc) is 3.53. The standard InChI is InChI=1S/C48H77N15O17S3/c49-11-5-4-9-30-41(72)62-46(81)44(75)59-29(10-6-12-55-48(51)52)39(70)56-23-35(65)58-32(22-38(68)69)43(74)63-47(82)45(76)60-31(21-28-7-2-1-3-8-28)42(73)61-33(26-83-27-37(67)57-30)40(71)54-14-16-78-18-20-79-19-17-77-15-13-53-36(66)25-80-24-34(50)64/h1-3,7-8,29-33,46-47,81-82H,4-6,9-27,49H2,(H2,50,64)(H,53,66)(H,54,71)(H,56,70)(H,57,67)(H,58,65)(H,59,75)(H,60,76)(H,61,73)(H,62,72)(H,63,74)(H,68,69)(H4,51,52,55)/t29-,30-,31-,32-,33-,46?,47-/m0/s1. The number of guanidine groups is 1. The number of rotatable bonds is 29. The number of carbonyl (C=O) groups is 12. The number of nitrogens with zero attached hydrogens (tertiary/aromatic N) is 1. The summed E-state index contributed by atoms with van der Waals surface area (Å²) in [7, 11) is 0. The molecular formula is C48H77N15O17S3. The Hall–Kier alpha value is -7.02. The van der Waals surface area contributed by atoms with Gasteiger partial charge in [-0.3, -0.25) is 62.5 Å². The van der Waals surface area contributed by atoms with E-state index in [1.54, 1.807) is 30.3 Å². The number of nitrogens with two attached hydrogens (primary N) is 4. The summed E-state index contributed by atoms with van der Waals surface area (Å²) in [6.07, 6.45) is -0.317. The van der Waals surface area contributed by atoms with Crippen LogP contribution in [0.3, 0.4) is 0 Å². The minimum Gasteiger partial charge on any atom is -0.481 e. The number of ether oxygens (including phenoxy) is 4. The fourth-order valence-corrected chi connectivity index (χ4v) is 8.31. The van der Waals surface area contributed by atoms with E-state index in [-0.39, 0.29) is 122 Å². The summed E-state index contributed by atoms with van der Waals surface area (Å²) in [6, 6.07) is 1.01. The molecule has 35 heteroatoms. The first-order valence-electron chi connectivity index (χ1n) is 26.1. The van der Waals surface area contributed by atoms with Crippen molar-refractivity contribution in [3.05, 3.63) is 35.9 Å². The highest BCUT2D eigenvalue weighted by atomic mass is 32.2. The summed E-state index contributed by atoms with van der Waals surface area (Å²) < 4.78 is 21.2. The number of nitrogens with one attached hydrogen (secondary N) is 10. The molecule has 7 atom stereocenters. The highest BCUT2D eigenvalue weighted by Crippen LogP contribution is 2.11. The molecule has 0 spiro atoms. The van der Waals surface area contributed by atoms with Crippen molar-refractivity contribution in [2.24, 2.45) is 27.9 Å². The highest BCUT2D eigenvalue weighted by Gasteiger charge is 2.33. The molecule has 32 nitrogen and oxygen atoms in total. The first-order valence-corrected chi connectivity index (χ1v) is 28.3. The Morgan fingerprint density at radius 3 is 1.78 bits per heavy atom. The molecule has 11 amide bonds. The van der Waals surface area contributed by atoms with Crippen LogP contribution in [0.4, 0.5) is 0 Å². The predicted octanol–water partition coefficient (Wildman–Crippen LogP) is -7.30. The largest absolute Gasteiger partial charge is 0.481 e. The van der Waals surface area contributed by atoms with Gasteiger partial charge in [-0.05, 0) is 44.2 Å². The number of unbranched alkanes of at least 4 members (excludes halogenated alkanes) is 1. The van der Waals surface area contributed by atoms with Crippen LogP contribution < -0.4 is 76.1 Å². The van der Waals surface area contributed by atoms with Gasteiger partial charge in [-0.2, -0.15) is 0 Å². The molecule has 0 aliphatic carbocycles. The van der Waals surface area contributed by atoms with E-state index >= 15 is 0 Å². The molecule has 1 unspecified atom stereocenters. The maximum absolute atomic E-state index is 14.2. The predicted molar refractivity (Wildman–Crippen MR) is 306 cm³/mol. The van der Waals surface area contributed by atoms with Gasteiger partial charge in [0.05, 0.1) is 58.4 Å². The third kappa shape index (κ3) is 33.0. The summed E-state index contributed by atoms with van der Waals surface area (Å²) in [5, 5.41) is 30.6. The van der Waals surface area contributed by atoms with Crippen molar-refractivity contribution in [1.29, 1.82) is 0 Å². The zero-order valence-corrected chi connectivity index (χ0v) is 48.1. The van der Waals surface area contributed by atoms with Gasteiger partial charge in [0.25, 0.3) is 11.8 Å². The second-order valence-electron chi connectivity index (χ2n) is 17.9. The molecule has 1 saturated heterocycles. The van der Waals surface area contributed by atoms with E-state index < -0.39 is 125 Å². The molecule has 0 radical (unpaired) electrons. The van der Waals surface area contributed by atoms with Crippen LogP contribution in [0, 0.1) is 0 Å². The third-order valence-corrected chi connectivity index (χ3v) is 12.8. The monoisotopic (exact) mass is 1230 g/mol. The van der Waals surface area contributed by atoms with Crippen molar-refractivity contribution < 1.29 is 81.6 Å². The minimum absolute atomic E-state index is 0.0118. The number of thiol groups is 2. The fourth-order valence-electron chi connectivity index (χ4n) is 7.05. The van der Waals surface area contributed by atoms with E-state index in [2.05, 4.69) is 83.4 Å². The first-order chi connectivity index (χ1) is 39.6. The molecule has 2 rings (SSSR count). The average molecular weight is 1230 g/mol. The van der Waals surface area contributed by atoms with Crippen molar-refractivity contribution in [2.75, 3.05) is 97.1 Å². The molecular weight excluding hydrogens is 1150 g/mol. The van der Waals surface area contributed by atoms with Gasteiger partial charge in [-0.25, -0.2) is 0 Å². The van der Waals surface area contributed by atoms with Gasteiger partial charge in [-0.15, -0.1) is 37.0 Å². The quantitative estimate of drug-likeness (QED) is 0.0153. The number of amides is 11. The molecule has 1 heterocycles. The van der Waals surface area contributed by atoms with Crippen LogP contribution in [0.1, 0.15) is 44.1 Å². The van der Waals surface area contributed by atoms with Crippen molar-refractivity contribution in [2.45, 2.75) is 85.9 Å². The van der Waals surface area contributed by atoms with Gasteiger partial charge in [0.2, 0.25) is 53.2 Å². The van der Waals surface area contributed by atoms with E-state index in [0.29, 0.717) is 18.4 Å². The van der Waals surface area contributed by atoms with Crippen LogP contribution in [-0.2, 0) is 82.9 Å². The van der Waals surface area contributed by atoms with Gasteiger partial charge in [0.15, 0.2) is 16.7 Å². The van der Waals surface area contributed by atoms with Crippen molar-refractivity contribution >= 4 is 114 Å². The number of carboxylic acids is 1. The number of hydrogen-bond donors (Lipinski definition) is 17. The SMILES string of the molecule is NCCCC[C@@H]1NC(=O)CSC[C@@H](C(=O)NCCOCCOCCOCCNC(=O)COCC(N)=O)NC(=O)[C@H](Cc2ccccc2)NC(=O)[C@H](S)NC(=O)[C@H](CC(=O)O)NC(=O)CNC(=O)[C@H](CCCN=C(N)N)NC(=O)C(S)NC1=O. The minimum atomic E-state index is -1.85. The van der Waals surface area contributed by atoms with Crippen molar-refractivity contribution in [3.8, 4) is 0 Å². The molecule has 0 bridgehead atoms. The summed E-state index contributed by atoms with van der Waals surface area (Å²) >= 11 is 9.30. The van der Waals surface area contributed by atoms with E-state index in [0.717, 1.165) is 11.8 Å². The Morgan fingerprint density at radius 1 is 0.627 bits per heavy atom. The zero-order chi connectivity index (χ0) is 61.5. The van der Waals surface area contributed by atoms with Crippen LogP contribution in [-0.4, -0.2) is 220 Å². The molecule has 83 heavy (non-hydrogen) atoms. The van der Waals surface area contributed by atoms with Crippen molar-refractivity contribution in [1.82, 2.24) is 53.2 Å². The fraction of sp³-hybridized carbons (Fsp3) is 0.604. The lowest BCUT2D eigenvalue weighted by atomic mass is 10.0. The second-order valence-corrected chi connectivity index (χ2v) is 20.0. The second kappa shape index (κ2) is 41.9. The lowest BCUT2D eigenvalue weighted by molar-refractivity contribution is -0.141. The van der Waals surface area contributed by atoms with Gasteiger partial charge >= 0.3 is 5.97 Å². The number of aliphatic imine (C=N–C) groups is 1. The summed E-state index contributed by atoms with van der Waals surface area (Å²) in [5.74, 6) is -12.0. The molecule has 0 aromatic heterocycles. The molecule has 1 aromatic carbocycles. The maximum atomic E-state index is 14.2. The van der Waals surface area contributed by atoms with Crippen LogP contribution in [0.15, 0.2) is 35.3 Å². The molecule has 0 saturated carbocycles. The number of hydrogen-bond acceptors (Lipinski definition) is 21. The van der Waals surface area contributed by atoms with Crippen LogP contribution in [0.2, 0.25) is 0 Å². The smallest absolute Gasteiger partial charge is 0.305 e.